The Bertz CT molecular complexity index is 378. The Hall–Kier alpha value is -1.26. The van der Waals surface area contributed by atoms with Crippen LogP contribution in [0.4, 0.5) is 0 Å². The lowest BCUT2D eigenvalue weighted by Crippen LogP contribution is -2.19. The molecular weight excluding hydrogens is 242 g/mol. The number of benzene rings is 1. The lowest BCUT2D eigenvalue weighted by molar-refractivity contribution is 0.0550. The molecule has 0 heterocycles. The van der Waals surface area contributed by atoms with Gasteiger partial charge in [-0.3, -0.25) is 0 Å². The van der Waals surface area contributed by atoms with Gasteiger partial charge < -0.3 is 19.9 Å². The standard InChI is InChI=1S/C15H25NO3/c1-11(2)18-7-8-19-15-10-14(17-4)6-5-13(15)9-12(3)16/h5-6,10-12H,7-9,16H2,1-4H3. The highest BCUT2D eigenvalue weighted by Gasteiger charge is 2.08. The monoisotopic (exact) mass is 267 g/mol. The van der Waals surface area contributed by atoms with E-state index in [0.717, 1.165) is 23.5 Å². The molecule has 0 aliphatic carbocycles. The number of methoxy groups -OCH3 is 1. The molecule has 1 aromatic carbocycles. The zero-order valence-corrected chi connectivity index (χ0v) is 12.3. The Morgan fingerprint density at radius 3 is 2.47 bits per heavy atom. The van der Waals surface area contributed by atoms with Crippen LogP contribution in [0.2, 0.25) is 0 Å². The van der Waals surface area contributed by atoms with Gasteiger partial charge in [0, 0.05) is 12.1 Å². The van der Waals surface area contributed by atoms with Gasteiger partial charge in [-0.2, -0.15) is 0 Å². The highest BCUT2D eigenvalue weighted by Crippen LogP contribution is 2.25. The summed E-state index contributed by atoms with van der Waals surface area (Å²) in [7, 11) is 1.65. The van der Waals surface area contributed by atoms with Gasteiger partial charge in [-0.25, -0.2) is 0 Å². The Balaban J connectivity index is 2.65. The molecule has 1 aromatic rings. The Kier molecular flexibility index (Phi) is 6.67. The van der Waals surface area contributed by atoms with Gasteiger partial charge in [-0.1, -0.05) is 6.07 Å². The third-order valence-corrected chi connectivity index (χ3v) is 2.61. The molecule has 0 saturated heterocycles. The van der Waals surface area contributed by atoms with Crippen LogP contribution < -0.4 is 15.2 Å². The van der Waals surface area contributed by atoms with E-state index in [1.165, 1.54) is 0 Å². The van der Waals surface area contributed by atoms with Gasteiger partial charge in [0.25, 0.3) is 0 Å². The number of hydrogen-bond acceptors (Lipinski definition) is 4. The summed E-state index contributed by atoms with van der Waals surface area (Å²) in [5, 5.41) is 0. The van der Waals surface area contributed by atoms with Gasteiger partial charge in [0.2, 0.25) is 0 Å². The van der Waals surface area contributed by atoms with E-state index in [1.807, 2.05) is 39.0 Å². The molecule has 0 bridgehead atoms. The summed E-state index contributed by atoms with van der Waals surface area (Å²) in [6.07, 6.45) is 1.00. The molecule has 4 heteroatoms. The molecule has 1 unspecified atom stereocenters. The van der Waals surface area contributed by atoms with E-state index in [-0.39, 0.29) is 12.1 Å². The fraction of sp³-hybridized carbons (Fsp3) is 0.600. The number of nitrogens with two attached hydrogens (primary N) is 1. The smallest absolute Gasteiger partial charge is 0.126 e. The van der Waals surface area contributed by atoms with Crippen LogP contribution in [-0.2, 0) is 11.2 Å². The summed E-state index contributed by atoms with van der Waals surface area (Å²) in [6, 6.07) is 5.92. The number of hydrogen-bond donors (Lipinski definition) is 1. The number of ether oxygens (including phenoxy) is 3. The highest BCUT2D eigenvalue weighted by molar-refractivity contribution is 5.41. The van der Waals surface area contributed by atoms with Crippen molar-refractivity contribution in [3.8, 4) is 11.5 Å². The van der Waals surface area contributed by atoms with Gasteiger partial charge in [-0.15, -0.1) is 0 Å². The number of rotatable bonds is 8. The molecular formula is C15H25NO3. The SMILES string of the molecule is COc1ccc(CC(C)N)c(OCCOC(C)C)c1. The maximum atomic E-state index is 5.85. The van der Waals surface area contributed by atoms with E-state index in [2.05, 4.69) is 0 Å². The van der Waals surface area contributed by atoms with Crippen LogP contribution in [0.5, 0.6) is 11.5 Å². The molecule has 0 aliphatic rings. The second-order valence-electron chi connectivity index (χ2n) is 4.92. The van der Waals surface area contributed by atoms with E-state index in [9.17, 15) is 0 Å². The lowest BCUT2D eigenvalue weighted by Gasteiger charge is -2.15. The van der Waals surface area contributed by atoms with Crippen molar-refractivity contribution in [3.05, 3.63) is 23.8 Å². The third kappa shape index (κ3) is 5.94. The van der Waals surface area contributed by atoms with E-state index >= 15 is 0 Å². The van der Waals surface area contributed by atoms with Crippen LogP contribution in [0.1, 0.15) is 26.3 Å². The molecule has 0 aliphatic heterocycles. The molecule has 0 aromatic heterocycles. The van der Waals surface area contributed by atoms with Gasteiger partial charge in [0.15, 0.2) is 0 Å². The summed E-state index contributed by atoms with van der Waals surface area (Å²) in [6.45, 7) is 7.10. The first kappa shape index (κ1) is 15.8. The zero-order chi connectivity index (χ0) is 14.3. The summed E-state index contributed by atoms with van der Waals surface area (Å²) in [5.74, 6) is 1.61. The van der Waals surface area contributed by atoms with Crippen LogP contribution in [0, 0.1) is 0 Å². The summed E-state index contributed by atoms with van der Waals surface area (Å²) in [4.78, 5) is 0. The molecule has 0 spiro atoms. The quantitative estimate of drug-likeness (QED) is 0.735. The average Bonchev–Trinajstić information content (AvgIpc) is 2.35. The fourth-order valence-corrected chi connectivity index (χ4v) is 1.75. The molecule has 2 N–H and O–H groups in total. The van der Waals surface area contributed by atoms with Crippen molar-refractivity contribution in [2.24, 2.45) is 5.73 Å². The molecule has 1 atom stereocenters. The molecule has 1 rings (SSSR count). The predicted octanol–water partition coefficient (Wildman–Crippen LogP) is 2.39. The normalized spacial score (nSPS) is 12.5. The van der Waals surface area contributed by atoms with Crippen molar-refractivity contribution in [3.63, 3.8) is 0 Å². The van der Waals surface area contributed by atoms with E-state index < -0.39 is 0 Å². The molecule has 4 nitrogen and oxygen atoms in total. The molecule has 0 saturated carbocycles. The van der Waals surface area contributed by atoms with Crippen LogP contribution in [0.3, 0.4) is 0 Å². The van der Waals surface area contributed by atoms with Gasteiger partial charge in [-0.05, 0) is 38.8 Å². The van der Waals surface area contributed by atoms with Gasteiger partial charge >= 0.3 is 0 Å². The Morgan fingerprint density at radius 2 is 1.89 bits per heavy atom. The van der Waals surface area contributed by atoms with Crippen molar-refractivity contribution in [1.29, 1.82) is 0 Å². The van der Waals surface area contributed by atoms with Crippen molar-refractivity contribution < 1.29 is 14.2 Å². The molecule has 0 radical (unpaired) electrons. The van der Waals surface area contributed by atoms with Crippen LogP contribution >= 0.6 is 0 Å². The first-order valence-electron chi connectivity index (χ1n) is 6.69. The summed E-state index contributed by atoms with van der Waals surface area (Å²) >= 11 is 0. The van der Waals surface area contributed by atoms with Crippen molar-refractivity contribution in [2.45, 2.75) is 39.3 Å². The van der Waals surface area contributed by atoms with Crippen LogP contribution in [0.15, 0.2) is 18.2 Å². The molecule has 108 valence electrons. The molecule has 0 amide bonds. The topological polar surface area (TPSA) is 53.7 Å². The lowest BCUT2D eigenvalue weighted by atomic mass is 10.1. The van der Waals surface area contributed by atoms with Crippen molar-refractivity contribution in [1.82, 2.24) is 0 Å². The van der Waals surface area contributed by atoms with Crippen LogP contribution in [0.25, 0.3) is 0 Å². The predicted molar refractivity (Wildman–Crippen MR) is 76.9 cm³/mol. The zero-order valence-electron chi connectivity index (χ0n) is 12.3. The van der Waals surface area contributed by atoms with Gasteiger partial charge in [0.05, 0.1) is 19.8 Å². The minimum absolute atomic E-state index is 0.0997. The maximum absolute atomic E-state index is 5.85. The first-order chi connectivity index (χ1) is 9.02. The van der Waals surface area contributed by atoms with Crippen molar-refractivity contribution in [2.75, 3.05) is 20.3 Å². The fourth-order valence-electron chi connectivity index (χ4n) is 1.75. The second-order valence-corrected chi connectivity index (χ2v) is 4.92. The van der Waals surface area contributed by atoms with Crippen molar-refractivity contribution >= 4 is 0 Å². The third-order valence-electron chi connectivity index (χ3n) is 2.61. The highest BCUT2D eigenvalue weighted by atomic mass is 16.5. The largest absolute Gasteiger partial charge is 0.497 e. The Labute approximate surface area is 115 Å². The van der Waals surface area contributed by atoms with Crippen LogP contribution in [-0.4, -0.2) is 32.5 Å². The Morgan fingerprint density at radius 1 is 1.16 bits per heavy atom. The molecule has 0 fully saturated rings. The summed E-state index contributed by atoms with van der Waals surface area (Å²) < 4.78 is 16.4. The van der Waals surface area contributed by atoms with E-state index in [1.54, 1.807) is 7.11 Å². The van der Waals surface area contributed by atoms with E-state index in [4.69, 9.17) is 19.9 Å². The average molecular weight is 267 g/mol. The first-order valence-corrected chi connectivity index (χ1v) is 6.69. The van der Waals surface area contributed by atoms with Gasteiger partial charge in [0.1, 0.15) is 18.1 Å². The second kappa shape index (κ2) is 8.02. The minimum atomic E-state index is 0.0997. The maximum Gasteiger partial charge on any atom is 0.126 e. The van der Waals surface area contributed by atoms with E-state index in [0.29, 0.717) is 13.2 Å². The molecule has 19 heavy (non-hydrogen) atoms. The summed E-state index contributed by atoms with van der Waals surface area (Å²) in [5.41, 5.74) is 6.94. The minimum Gasteiger partial charge on any atom is -0.497 e.